The number of rotatable bonds is 3. The molecule has 0 aliphatic heterocycles. The van der Waals surface area contributed by atoms with Gasteiger partial charge in [0, 0.05) is 5.92 Å². The van der Waals surface area contributed by atoms with Gasteiger partial charge in [-0.2, -0.15) is 0 Å². The summed E-state index contributed by atoms with van der Waals surface area (Å²) >= 11 is 0. The van der Waals surface area contributed by atoms with Crippen LogP contribution >= 0.6 is 0 Å². The van der Waals surface area contributed by atoms with Crippen LogP contribution in [0.5, 0.6) is 0 Å². The van der Waals surface area contributed by atoms with Crippen LogP contribution in [0.2, 0.25) is 0 Å². The quantitative estimate of drug-likeness (QED) is 0.306. The number of hydrogen-bond donors (Lipinski definition) is 2. The first-order valence-electron chi connectivity index (χ1n) is 4.97. The first-order chi connectivity index (χ1) is 5.90. The average Bonchev–Trinajstić information content (AvgIpc) is 1.99. The number of aliphatic imine (C=N–C) groups is 1. The Hall–Kier alpha value is -0.570. The van der Waals surface area contributed by atoms with Crippen molar-refractivity contribution in [3.8, 4) is 0 Å². The van der Waals surface area contributed by atoms with E-state index in [0.29, 0.717) is 5.92 Å². The van der Waals surface area contributed by atoms with Gasteiger partial charge in [0.25, 0.3) is 0 Å². The molecule has 0 heterocycles. The summed E-state index contributed by atoms with van der Waals surface area (Å²) in [4.78, 5) is 4.53. The SMILES string of the molecule is CCCC(C)C(=NC(C)(C)C)NN. The van der Waals surface area contributed by atoms with Gasteiger partial charge in [0.1, 0.15) is 5.84 Å². The molecule has 78 valence electrons. The molecular weight excluding hydrogens is 162 g/mol. The smallest absolute Gasteiger partial charge is 0.114 e. The maximum Gasteiger partial charge on any atom is 0.114 e. The van der Waals surface area contributed by atoms with Crippen LogP contribution in [0.1, 0.15) is 47.5 Å². The highest BCUT2D eigenvalue weighted by molar-refractivity contribution is 5.84. The summed E-state index contributed by atoms with van der Waals surface area (Å²) in [6.07, 6.45) is 2.28. The fraction of sp³-hybridized carbons (Fsp3) is 0.900. The minimum Gasteiger partial charge on any atom is -0.312 e. The Morgan fingerprint density at radius 2 is 2.00 bits per heavy atom. The zero-order valence-electron chi connectivity index (χ0n) is 9.52. The summed E-state index contributed by atoms with van der Waals surface area (Å²) in [5.74, 6) is 6.77. The van der Waals surface area contributed by atoms with E-state index in [1.54, 1.807) is 0 Å². The van der Waals surface area contributed by atoms with Crippen LogP contribution in [0.4, 0.5) is 0 Å². The molecular formula is C10H23N3. The molecule has 0 fully saturated rings. The second-order valence-electron chi connectivity index (χ2n) is 4.50. The van der Waals surface area contributed by atoms with Crippen LogP contribution in [0.25, 0.3) is 0 Å². The Balaban J connectivity index is 4.40. The number of hydrogen-bond acceptors (Lipinski definition) is 2. The molecule has 0 saturated heterocycles. The predicted molar refractivity (Wildman–Crippen MR) is 58.6 cm³/mol. The van der Waals surface area contributed by atoms with Gasteiger partial charge in [0.05, 0.1) is 5.54 Å². The topological polar surface area (TPSA) is 50.4 Å². The van der Waals surface area contributed by atoms with E-state index in [-0.39, 0.29) is 5.54 Å². The Kier molecular flexibility index (Phi) is 4.99. The lowest BCUT2D eigenvalue weighted by Crippen LogP contribution is -2.37. The van der Waals surface area contributed by atoms with Crippen LogP contribution in [-0.2, 0) is 0 Å². The average molecular weight is 185 g/mol. The van der Waals surface area contributed by atoms with Crippen molar-refractivity contribution in [1.29, 1.82) is 0 Å². The van der Waals surface area contributed by atoms with E-state index >= 15 is 0 Å². The highest BCUT2D eigenvalue weighted by Crippen LogP contribution is 2.12. The van der Waals surface area contributed by atoms with Gasteiger partial charge in [-0.25, -0.2) is 5.84 Å². The van der Waals surface area contributed by atoms with E-state index in [1.165, 1.54) is 0 Å². The fourth-order valence-electron chi connectivity index (χ4n) is 1.22. The molecule has 0 radical (unpaired) electrons. The van der Waals surface area contributed by atoms with E-state index < -0.39 is 0 Å². The van der Waals surface area contributed by atoms with Gasteiger partial charge >= 0.3 is 0 Å². The van der Waals surface area contributed by atoms with Crippen LogP contribution in [0, 0.1) is 5.92 Å². The van der Waals surface area contributed by atoms with Crippen molar-refractivity contribution in [2.45, 2.75) is 53.0 Å². The highest BCUT2D eigenvalue weighted by atomic mass is 15.3. The molecule has 3 nitrogen and oxygen atoms in total. The molecule has 0 aliphatic carbocycles. The fourth-order valence-corrected chi connectivity index (χ4v) is 1.22. The zero-order valence-corrected chi connectivity index (χ0v) is 9.52. The second-order valence-corrected chi connectivity index (χ2v) is 4.50. The Morgan fingerprint density at radius 1 is 1.46 bits per heavy atom. The molecule has 0 amide bonds. The third kappa shape index (κ3) is 5.64. The minimum atomic E-state index is -0.0519. The maximum absolute atomic E-state index is 5.43. The lowest BCUT2D eigenvalue weighted by atomic mass is 10.0. The third-order valence-corrected chi connectivity index (χ3v) is 1.79. The van der Waals surface area contributed by atoms with Gasteiger partial charge in [-0.15, -0.1) is 0 Å². The van der Waals surface area contributed by atoms with Crippen molar-refractivity contribution in [3.63, 3.8) is 0 Å². The van der Waals surface area contributed by atoms with Gasteiger partial charge in [0.15, 0.2) is 0 Å². The summed E-state index contributed by atoms with van der Waals surface area (Å²) in [6, 6.07) is 0. The van der Waals surface area contributed by atoms with Crippen molar-refractivity contribution in [2.75, 3.05) is 0 Å². The standard InChI is InChI=1S/C10H23N3/c1-6-7-8(2)9(13-11)12-10(3,4)5/h8H,6-7,11H2,1-5H3,(H,12,13). The zero-order chi connectivity index (χ0) is 10.5. The number of nitrogens with one attached hydrogen (secondary N) is 1. The van der Waals surface area contributed by atoms with Crippen molar-refractivity contribution in [1.82, 2.24) is 5.43 Å². The summed E-state index contributed by atoms with van der Waals surface area (Å²) < 4.78 is 0. The molecule has 0 aliphatic rings. The van der Waals surface area contributed by atoms with Crippen LogP contribution in [-0.4, -0.2) is 11.4 Å². The second kappa shape index (κ2) is 5.22. The van der Waals surface area contributed by atoms with Crippen molar-refractivity contribution in [2.24, 2.45) is 16.8 Å². The molecule has 3 N–H and O–H groups in total. The highest BCUT2D eigenvalue weighted by Gasteiger charge is 2.13. The minimum absolute atomic E-state index is 0.0519. The Morgan fingerprint density at radius 3 is 2.31 bits per heavy atom. The Bertz CT molecular complexity index is 167. The number of amidine groups is 1. The van der Waals surface area contributed by atoms with Gasteiger partial charge < -0.3 is 5.43 Å². The summed E-state index contributed by atoms with van der Waals surface area (Å²) in [6.45, 7) is 10.5. The van der Waals surface area contributed by atoms with Crippen molar-refractivity contribution < 1.29 is 0 Å². The van der Waals surface area contributed by atoms with Gasteiger partial charge in [-0.05, 0) is 27.2 Å². The van der Waals surface area contributed by atoms with Gasteiger partial charge in [0.2, 0.25) is 0 Å². The van der Waals surface area contributed by atoms with Gasteiger partial charge in [-0.3, -0.25) is 4.99 Å². The first-order valence-corrected chi connectivity index (χ1v) is 4.97. The van der Waals surface area contributed by atoms with Crippen molar-refractivity contribution in [3.05, 3.63) is 0 Å². The predicted octanol–water partition coefficient (Wildman–Crippen LogP) is 2.08. The van der Waals surface area contributed by atoms with E-state index in [2.05, 4.69) is 45.0 Å². The van der Waals surface area contributed by atoms with E-state index in [4.69, 9.17) is 5.84 Å². The van der Waals surface area contributed by atoms with Crippen LogP contribution < -0.4 is 11.3 Å². The lowest BCUT2D eigenvalue weighted by Gasteiger charge is -2.19. The maximum atomic E-state index is 5.43. The molecule has 0 spiro atoms. The number of nitrogens with two attached hydrogens (primary N) is 1. The molecule has 13 heavy (non-hydrogen) atoms. The summed E-state index contributed by atoms with van der Waals surface area (Å²) in [7, 11) is 0. The summed E-state index contributed by atoms with van der Waals surface area (Å²) in [5.41, 5.74) is 2.64. The monoisotopic (exact) mass is 185 g/mol. The number of nitrogens with zero attached hydrogens (tertiary/aromatic N) is 1. The van der Waals surface area contributed by atoms with E-state index in [0.717, 1.165) is 18.7 Å². The van der Waals surface area contributed by atoms with Crippen LogP contribution in [0.3, 0.4) is 0 Å². The van der Waals surface area contributed by atoms with E-state index in [9.17, 15) is 0 Å². The van der Waals surface area contributed by atoms with Crippen LogP contribution in [0.15, 0.2) is 4.99 Å². The number of hydrazine groups is 1. The first kappa shape index (κ1) is 12.4. The molecule has 0 aromatic heterocycles. The normalized spacial score (nSPS) is 15.7. The molecule has 1 atom stereocenters. The molecule has 3 heteroatoms. The van der Waals surface area contributed by atoms with Crippen molar-refractivity contribution >= 4 is 5.84 Å². The molecule has 0 aromatic carbocycles. The molecule has 1 unspecified atom stereocenters. The Labute approximate surface area is 81.8 Å². The molecule has 0 rings (SSSR count). The van der Waals surface area contributed by atoms with E-state index in [1.807, 2.05) is 0 Å². The molecule has 0 saturated carbocycles. The largest absolute Gasteiger partial charge is 0.312 e. The third-order valence-electron chi connectivity index (χ3n) is 1.79. The molecule has 0 bridgehead atoms. The molecule has 0 aromatic rings. The lowest BCUT2D eigenvalue weighted by molar-refractivity contribution is 0.558. The van der Waals surface area contributed by atoms with Gasteiger partial charge in [-0.1, -0.05) is 20.3 Å². The summed E-state index contributed by atoms with van der Waals surface area (Å²) in [5, 5.41) is 0.